The number of hydrogen-bond donors (Lipinski definition) is 1. The van der Waals surface area contributed by atoms with Crippen molar-refractivity contribution < 1.29 is 9.53 Å². The summed E-state index contributed by atoms with van der Waals surface area (Å²) in [6, 6.07) is 13.5. The topological polar surface area (TPSA) is 100 Å². The van der Waals surface area contributed by atoms with Crippen molar-refractivity contribution in [3.8, 4) is 16.3 Å². The first-order chi connectivity index (χ1) is 16.8. The van der Waals surface area contributed by atoms with Gasteiger partial charge in [-0.25, -0.2) is 14.3 Å². The van der Waals surface area contributed by atoms with Gasteiger partial charge in [-0.2, -0.15) is 5.10 Å². The Morgan fingerprint density at radius 3 is 2.49 bits per heavy atom. The average Bonchev–Trinajstić information content (AvgIpc) is 3.56. The molecule has 1 atom stereocenters. The van der Waals surface area contributed by atoms with Crippen LogP contribution < -0.4 is 16.6 Å². The lowest BCUT2D eigenvalue weighted by molar-refractivity contribution is -0.136. The third-order valence-corrected chi connectivity index (χ3v) is 7.10. The van der Waals surface area contributed by atoms with Crippen molar-refractivity contribution in [2.45, 2.75) is 12.8 Å². The molecule has 1 aliphatic heterocycles. The summed E-state index contributed by atoms with van der Waals surface area (Å²) in [5.41, 5.74) is 2.27. The van der Waals surface area contributed by atoms with Crippen LogP contribution in [0.1, 0.15) is 24.0 Å². The Balaban J connectivity index is 1.88. The van der Waals surface area contributed by atoms with Crippen molar-refractivity contribution in [3.63, 3.8) is 0 Å². The number of ether oxygens (including phenoxy) is 1. The number of carbonyl (C=O) groups is 1. The molecule has 4 heterocycles. The highest BCUT2D eigenvalue weighted by Crippen LogP contribution is 2.44. The van der Waals surface area contributed by atoms with E-state index in [9.17, 15) is 14.4 Å². The number of anilines is 1. The number of nitrogens with one attached hydrogen (secondary N) is 1. The van der Waals surface area contributed by atoms with E-state index in [1.165, 1.54) is 30.1 Å². The van der Waals surface area contributed by atoms with Gasteiger partial charge in [0.1, 0.15) is 11.5 Å². The number of aromatic nitrogens is 4. The van der Waals surface area contributed by atoms with Crippen molar-refractivity contribution in [3.05, 3.63) is 97.3 Å². The molecule has 0 radical (unpaired) electrons. The Kier molecular flexibility index (Phi) is 5.52. The van der Waals surface area contributed by atoms with Crippen molar-refractivity contribution >= 4 is 23.1 Å². The van der Waals surface area contributed by atoms with Gasteiger partial charge in [0.25, 0.3) is 5.56 Å². The number of thiophene rings is 1. The second-order valence-corrected chi connectivity index (χ2v) is 9.19. The number of allylic oxidation sites excluding steroid dienone is 1. The summed E-state index contributed by atoms with van der Waals surface area (Å²) < 4.78 is 9.31. The molecule has 178 valence electrons. The lowest BCUT2D eigenvalue weighted by atomic mass is 9.82. The van der Waals surface area contributed by atoms with Crippen LogP contribution in [0.4, 0.5) is 5.82 Å². The highest BCUT2D eigenvalue weighted by molar-refractivity contribution is 7.13. The minimum atomic E-state index is -0.807. The predicted molar refractivity (Wildman–Crippen MR) is 134 cm³/mol. The van der Waals surface area contributed by atoms with Gasteiger partial charge >= 0.3 is 11.7 Å². The Labute approximate surface area is 204 Å². The summed E-state index contributed by atoms with van der Waals surface area (Å²) in [6.45, 7) is 1.73. The SMILES string of the molecule is COC(=O)C1=C(C)Nc2c(c(=O)n(C)c(=O)n2C)[C@@H]1c1cn(-c2ccccc2)nc1-c1cccs1. The van der Waals surface area contributed by atoms with Crippen LogP contribution in [-0.4, -0.2) is 32.0 Å². The highest BCUT2D eigenvalue weighted by atomic mass is 32.1. The first-order valence-electron chi connectivity index (χ1n) is 10.9. The lowest BCUT2D eigenvalue weighted by Gasteiger charge is -2.30. The number of hydrogen-bond acceptors (Lipinski definition) is 7. The van der Waals surface area contributed by atoms with E-state index < -0.39 is 23.1 Å². The molecule has 3 aromatic heterocycles. The first-order valence-corrected chi connectivity index (χ1v) is 11.8. The smallest absolute Gasteiger partial charge is 0.336 e. The van der Waals surface area contributed by atoms with Gasteiger partial charge in [-0.3, -0.25) is 13.9 Å². The van der Waals surface area contributed by atoms with E-state index in [4.69, 9.17) is 9.84 Å². The van der Waals surface area contributed by atoms with Gasteiger partial charge in [0.05, 0.1) is 34.7 Å². The van der Waals surface area contributed by atoms with Crippen LogP contribution in [0.2, 0.25) is 0 Å². The van der Waals surface area contributed by atoms with Crippen molar-refractivity contribution in [2.24, 2.45) is 14.1 Å². The summed E-state index contributed by atoms with van der Waals surface area (Å²) in [7, 11) is 4.33. The maximum absolute atomic E-state index is 13.5. The van der Waals surface area contributed by atoms with E-state index in [0.29, 0.717) is 28.3 Å². The van der Waals surface area contributed by atoms with Crippen molar-refractivity contribution in [2.75, 3.05) is 12.4 Å². The van der Waals surface area contributed by atoms with E-state index in [2.05, 4.69) is 5.32 Å². The minimum Gasteiger partial charge on any atom is -0.466 e. The van der Waals surface area contributed by atoms with E-state index in [-0.39, 0.29) is 5.56 Å². The zero-order chi connectivity index (χ0) is 24.9. The van der Waals surface area contributed by atoms with Crippen LogP contribution in [-0.2, 0) is 23.6 Å². The number of benzene rings is 1. The predicted octanol–water partition coefficient (Wildman–Crippen LogP) is 3.00. The molecular weight excluding hydrogens is 466 g/mol. The summed E-state index contributed by atoms with van der Waals surface area (Å²) in [6.07, 6.45) is 1.84. The van der Waals surface area contributed by atoms with Gasteiger partial charge in [0.15, 0.2) is 0 Å². The number of methoxy groups -OCH3 is 1. The Morgan fingerprint density at radius 1 is 1.09 bits per heavy atom. The zero-order valence-corrected chi connectivity index (χ0v) is 20.4. The number of nitrogens with zero attached hydrogens (tertiary/aromatic N) is 4. The maximum Gasteiger partial charge on any atom is 0.336 e. The van der Waals surface area contributed by atoms with Gasteiger partial charge in [-0.15, -0.1) is 11.3 Å². The monoisotopic (exact) mass is 489 g/mol. The molecule has 4 aromatic rings. The molecule has 0 amide bonds. The lowest BCUT2D eigenvalue weighted by Crippen LogP contribution is -2.43. The van der Waals surface area contributed by atoms with E-state index in [1.807, 2.05) is 54.0 Å². The molecule has 10 heteroatoms. The van der Waals surface area contributed by atoms with Crippen molar-refractivity contribution in [1.82, 2.24) is 18.9 Å². The number of para-hydroxylation sites is 1. The van der Waals surface area contributed by atoms with Gasteiger partial charge in [-0.1, -0.05) is 24.3 Å². The zero-order valence-electron chi connectivity index (χ0n) is 19.6. The number of carbonyl (C=O) groups excluding carboxylic acids is 1. The molecule has 9 nitrogen and oxygen atoms in total. The van der Waals surface area contributed by atoms with Crippen molar-refractivity contribution in [1.29, 1.82) is 0 Å². The molecule has 1 aliphatic rings. The molecule has 1 aromatic carbocycles. The Hall–Kier alpha value is -4.18. The second kappa shape index (κ2) is 8.55. The van der Waals surface area contributed by atoms with Crippen LogP contribution in [0.3, 0.4) is 0 Å². The van der Waals surface area contributed by atoms with E-state index >= 15 is 0 Å². The molecular formula is C25H23N5O4S. The van der Waals surface area contributed by atoms with Gasteiger partial charge < -0.3 is 10.1 Å². The van der Waals surface area contributed by atoms with Crippen LogP contribution in [0.5, 0.6) is 0 Å². The fraction of sp³-hybridized carbons (Fsp3) is 0.200. The molecule has 0 bridgehead atoms. The third-order valence-electron chi connectivity index (χ3n) is 6.22. The van der Waals surface area contributed by atoms with E-state index in [1.54, 1.807) is 18.7 Å². The summed E-state index contributed by atoms with van der Waals surface area (Å²) >= 11 is 1.51. The number of rotatable bonds is 4. The number of fused-ring (bicyclic) bond motifs is 1. The summed E-state index contributed by atoms with van der Waals surface area (Å²) in [5.74, 6) is -1.03. The van der Waals surface area contributed by atoms with Gasteiger partial charge in [0, 0.05) is 31.6 Å². The molecule has 0 saturated carbocycles. The Bertz CT molecular complexity index is 1590. The van der Waals surface area contributed by atoms with E-state index in [0.717, 1.165) is 15.1 Å². The van der Waals surface area contributed by atoms with Crippen LogP contribution in [0.15, 0.2) is 74.9 Å². The maximum atomic E-state index is 13.5. The second-order valence-electron chi connectivity index (χ2n) is 8.25. The quantitative estimate of drug-likeness (QED) is 0.443. The summed E-state index contributed by atoms with van der Waals surface area (Å²) in [4.78, 5) is 40.2. The molecule has 0 aliphatic carbocycles. The highest BCUT2D eigenvalue weighted by Gasteiger charge is 2.39. The molecule has 0 fully saturated rings. The van der Waals surface area contributed by atoms with Crippen LogP contribution in [0, 0.1) is 0 Å². The van der Waals surface area contributed by atoms with Crippen LogP contribution >= 0.6 is 11.3 Å². The van der Waals surface area contributed by atoms with Gasteiger partial charge in [0.2, 0.25) is 0 Å². The average molecular weight is 490 g/mol. The van der Waals surface area contributed by atoms with Crippen LogP contribution in [0.25, 0.3) is 16.3 Å². The fourth-order valence-corrected chi connectivity index (χ4v) is 5.23. The minimum absolute atomic E-state index is 0.283. The molecule has 1 N–H and O–H groups in total. The molecule has 5 rings (SSSR count). The summed E-state index contributed by atoms with van der Waals surface area (Å²) in [5, 5.41) is 9.91. The normalized spacial score (nSPS) is 15.0. The largest absolute Gasteiger partial charge is 0.466 e. The van der Waals surface area contributed by atoms with Gasteiger partial charge in [-0.05, 0) is 30.5 Å². The molecule has 0 saturated heterocycles. The first kappa shape index (κ1) is 22.6. The molecule has 0 unspecified atom stereocenters. The third kappa shape index (κ3) is 3.53. The molecule has 35 heavy (non-hydrogen) atoms. The fourth-order valence-electron chi connectivity index (χ4n) is 4.50. The Morgan fingerprint density at radius 2 is 1.83 bits per heavy atom. The number of esters is 1. The molecule has 0 spiro atoms. The standard InChI is InChI=1S/C25H23N5O4S/c1-14-18(24(32)34-4)19(20-22(26-14)28(2)25(33)29(3)23(20)31)16-13-30(15-9-6-5-7-10-15)27-21(16)17-11-8-12-35-17/h5-13,19,26H,1-4H3/t19-/m1/s1.